The van der Waals surface area contributed by atoms with Gasteiger partial charge in [0.05, 0.1) is 58.5 Å². The Morgan fingerprint density at radius 3 is 2.12 bits per heavy atom. The number of piperidine rings is 1. The van der Waals surface area contributed by atoms with Crippen LogP contribution < -0.4 is 0 Å². The molecule has 2 aliphatic heterocycles. The molecule has 2 saturated heterocycles. The molecule has 4 aliphatic carbocycles. The third kappa shape index (κ3) is 16.1. The second-order valence-corrected chi connectivity index (χ2v) is 23.9. The Balaban J connectivity index is 0.823. The maximum atomic E-state index is 6.55. The molecule has 0 aromatic rings. The predicted molar refractivity (Wildman–Crippen MR) is 273 cm³/mol. The van der Waals surface area contributed by atoms with E-state index >= 15 is 0 Å². The molecule has 0 aromatic carbocycles. The van der Waals surface area contributed by atoms with Crippen LogP contribution in [-0.2, 0) is 23.7 Å². The smallest absolute Gasteiger partial charge is 0.0936 e. The number of allylic oxidation sites excluding steroid dienone is 3. The van der Waals surface area contributed by atoms with Crippen LogP contribution in [0.15, 0.2) is 23.8 Å². The number of rotatable bonds is 33. The van der Waals surface area contributed by atoms with Crippen LogP contribution >= 0.6 is 0 Å². The molecule has 3 saturated carbocycles. The predicted octanol–water partition coefficient (Wildman–Crippen LogP) is 15.0. The lowest BCUT2D eigenvalue weighted by Gasteiger charge is -2.58. The van der Waals surface area contributed by atoms with Crippen molar-refractivity contribution in [3.63, 3.8) is 0 Å². The molecule has 0 radical (unpaired) electrons. The van der Waals surface area contributed by atoms with Crippen LogP contribution in [0.2, 0.25) is 0 Å². The van der Waals surface area contributed by atoms with Crippen LogP contribution in [0.1, 0.15) is 215 Å². The number of hydrogen-bond donors (Lipinski definition) is 0. The highest BCUT2D eigenvalue weighted by Crippen LogP contribution is 2.67. The van der Waals surface area contributed by atoms with E-state index in [-0.39, 0.29) is 6.10 Å². The van der Waals surface area contributed by atoms with Gasteiger partial charge in [0.2, 0.25) is 0 Å². The molecular weight excluding hydrogens is 803 g/mol. The molecule has 6 heteroatoms. The van der Waals surface area contributed by atoms with Gasteiger partial charge in [-0.1, -0.05) is 142 Å². The zero-order valence-corrected chi connectivity index (χ0v) is 43.7. The molecular formula is C59H105NO5. The number of hydrogen-bond acceptors (Lipinski definition) is 6. The minimum atomic E-state index is 0.0895. The van der Waals surface area contributed by atoms with Crippen LogP contribution in [0.25, 0.3) is 0 Å². The van der Waals surface area contributed by atoms with Crippen molar-refractivity contribution in [2.75, 3.05) is 72.5 Å². The topological polar surface area (TPSA) is 49.4 Å². The Labute approximate surface area is 402 Å². The third-order valence-electron chi connectivity index (χ3n) is 18.7. The second-order valence-electron chi connectivity index (χ2n) is 23.9. The van der Waals surface area contributed by atoms with Crippen LogP contribution in [-0.4, -0.2) is 89.6 Å². The molecule has 6 rings (SSSR count). The summed E-state index contributed by atoms with van der Waals surface area (Å²) in [6, 6.07) is 0. The van der Waals surface area contributed by atoms with Gasteiger partial charge in [0, 0.05) is 18.6 Å². The van der Waals surface area contributed by atoms with Gasteiger partial charge in [-0.05, 0) is 156 Å². The fourth-order valence-electron chi connectivity index (χ4n) is 14.4. The SMILES string of the molecule is CCCCCCCC/C=C\CCCCCCCCOCC(CN1CCC2(CC1)COC2)OCCOCCOC1CC[C@@]2(C)C(=CCC3[C@H]4CC[C@H](C(C)CCCC(C)C)[C@@]4(C)CC[C@@H]32)C1. The van der Waals surface area contributed by atoms with Gasteiger partial charge in [-0.15, -0.1) is 0 Å². The summed E-state index contributed by atoms with van der Waals surface area (Å²) in [6.45, 7) is 24.3. The average Bonchev–Trinajstić information content (AvgIpc) is 3.65. The van der Waals surface area contributed by atoms with Gasteiger partial charge in [0.1, 0.15) is 0 Å². The van der Waals surface area contributed by atoms with E-state index < -0.39 is 0 Å². The summed E-state index contributed by atoms with van der Waals surface area (Å²) < 4.78 is 31.0. The van der Waals surface area contributed by atoms with E-state index in [1.54, 1.807) is 5.57 Å². The number of likely N-dealkylation sites (tertiary alicyclic amines) is 1. The first-order valence-electron chi connectivity index (χ1n) is 28.7. The molecule has 0 amide bonds. The minimum Gasteiger partial charge on any atom is -0.380 e. The molecule has 6 aliphatic rings. The van der Waals surface area contributed by atoms with Crippen molar-refractivity contribution in [2.24, 2.45) is 51.8 Å². The molecule has 9 atom stereocenters. The molecule has 1 spiro atoms. The Morgan fingerprint density at radius 1 is 0.708 bits per heavy atom. The highest BCUT2D eigenvalue weighted by Gasteiger charge is 2.59. The number of ether oxygens (including phenoxy) is 5. The van der Waals surface area contributed by atoms with E-state index in [0.29, 0.717) is 55.4 Å². The van der Waals surface area contributed by atoms with Gasteiger partial charge in [0.15, 0.2) is 0 Å². The summed E-state index contributed by atoms with van der Waals surface area (Å²) in [5.41, 5.74) is 3.13. The standard InChI is InChI=1S/C59H105NO5/c1-7-8-9-10-11-12-13-14-15-16-17-18-19-20-21-22-38-62-45-52(44-60-36-34-59(35-37-60)46-63-47-59)65-42-40-61-39-41-64-51-30-32-57(5)50(43-51)26-27-53-55-29-28-54(49(4)25-23-24-48(2)3)58(55,6)33-31-56(53)57/h14-15,26,48-49,51-56H,7-13,16-25,27-47H2,1-6H3/b15-14-/t49?,51?,52?,53?,54-,55-,56+,57+,58-/m1/s1. The van der Waals surface area contributed by atoms with Crippen molar-refractivity contribution in [2.45, 2.75) is 227 Å². The molecule has 6 nitrogen and oxygen atoms in total. The maximum absolute atomic E-state index is 6.55. The van der Waals surface area contributed by atoms with E-state index in [2.05, 4.69) is 64.7 Å². The first kappa shape index (κ1) is 53.6. The zero-order chi connectivity index (χ0) is 45.8. The van der Waals surface area contributed by atoms with E-state index in [4.69, 9.17) is 23.7 Å². The van der Waals surface area contributed by atoms with Gasteiger partial charge < -0.3 is 28.6 Å². The van der Waals surface area contributed by atoms with Crippen molar-refractivity contribution < 1.29 is 23.7 Å². The number of nitrogens with zero attached hydrogens (tertiary/aromatic N) is 1. The normalized spacial score (nSPS) is 30.9. The van der Waals surface area contributed by atoms with Crippen molar-refractivity contribution in [1.29, 1.82) is 0 Å². The number of unbranched alkanes of at least 4 members (excludes halogenated alkanes) is 12. The lowest BCUT2D eigenvalue weighted by molar-refractivity contribution is -0.143. The molecule has 5 fully saturated rings. The summed E-state index contributed by atoms with van der Waals surface area (Å²) in [4.78, 5) is 2.60. The van der Waals surface area contributed by atoms with Gasteiger partial charge in [-0.25, -0.2) is 0 Å². The molecule has 65 heavy (non-hydrogen) atoms. The summed E-state index contributed by atoms with van der Waals surface area (Å²) in [5.74, 6) is 5.35. The van der Waals surface area contributed by atoms with E-state index in [0.717, 1.165) is 87.8 Å². The Hall–Kier alpha value is -0.760. The first-order valence-corrected chi connectivity index (χ1v) is 28.7. The van der Waals surface area contributed by atoms with Gasteiger partial charge in [-0.2, -0.15) is 0 Å². The van der Waals surface area contributed by atoms with Crippen LogP contribution in [0.3, 0.4) is 0 Å². The molecule has 4 unspecified atom stereocenters. The maximum Gasteiger partial charge on any atom is 0.0936 e. The largest absolute Gasteiger partial charge is 0.380 e. The van der Waals surface area contributed by atoms with Gasteiger partial charge >= 0.3 is 0 Å². The van der Waals surface area contributed by atoms with Crippen LogP contribution in [0.5, 0.6) is 0 Å². The van der Waals surface area contributed by atoms with Crippen molar-refractivity contribution >= 4 is 0 Å². The average molecular weight is 908 g/mol. The fraction of sp³-hybridized carbons (Fsp3) is 0.932. The van der Waals surface area contributed by atoms with Crippen LogP contribution in [0, 0.1) is 51.8 Å². The van der Waals surface area contributed by atoms with Crippen LogP contribution in [0.4, 0.5) is 0 Å². The van der Waals surface area contributed by atoms with Gasteiger partial charge in [-0.3, -0.25) is 0 Å². The zero-order valence-electron chi connectivity index (χ0n) is 43.7. The van der Waals surface area contributed by atoms with Crippen molar-refractivity contribution in [3.8, 4) is 0 Å². The Bertz CT molecular complexity index is 1350. The molecule has 0 bridgehead atoms. The van der Waals surface area contributed by atoms with E-state index in [1.807, 2.05) is 0 Å². The fourth-order valence-corrected chi connectivity index (χ4v) is 14.4. The van der Waals surface area contributed by atoms with Crippen molar-refractivity contribution in [3.05, 3.63) is 23.8 Å². The lowest BCUT2D eigenvalue weighted by Crippen LogP contribution is -2.52. The van der Waals surface area contributed by atoms with Crippen molar-refractivity contribution in [1.82, 2.24) is 4.90 Å². The van der Waals surface area contributed by atoms with Gasteiger partial charge in [0.25, 0.3) is 0 Å². The highest BCUT2D eigenvalue weighted by molar-refractivity contribution is 5.25. The quantitative estimate of drug-likeness (QED) is 0.0483. The summed E-state index contributed by atoms with van der Waals surface area (Å²) >= 11 is 0. The number of fused-ring (bicyclic) bond motifs is 5. The second kappa shape index (κ2) is 28.2. The summed E-state index contributed by atoms with van der Waals surface area (Å²) in [5, 5.41) is 0. The minimum absolute atomic E-state index is 0.0895. The first-order chi connectivity index (χ1) is 31.7. The molecule has 2 heterocycles. The third-order valence-corrected chi connectivity index (χ3v) is 18.7. The molecule has 376 valence electrons. The molecule has 0 N–H and O–H groups in total. The van der Waals surface area contributed by atoms with E-state index in [9.17, 15) is 0 Å². The Morgan fingerprint density at radius 2 is 1.42 bits per heavy atom. The van der Waals surface area contributed by atoms with E-state index in [1.165, 1.54) is 161 Å². The lowest BCUT2D eigenvalue weighted by atomic mass is 9.47. The monoisotopic (exact) mass is 908 g/mol. The summed E-state index contributed by atoms with van der Waals surface area (Å²) in [6.07, 6.45) is 44.2. The Kier molecular flexibility index (Phi) is 23.2. The molecule has 0 aromatic heterocycles. The summed E-state index contributed by atoms with van der Waals surface area (Å²) in [7, 11) is 0. The highest BCUT2D eigenvalue weighted by atomic mass is 16.6.